The quantitative estimate of drug-likeness (QED) is 0.752. The molecular formula is C9H8ClNO3. The van der Waals surface area contributed by atoms with E-state index in [2.05, 4.69) is 5.32 Å². The molecule has 1 aromatic carbocycles. The third kappa shape index (κ3) is 3.45. The van der Waals surface area contributed by atoms with Crippen molar-refractivity contribution in [2.75, 3.05) is 5.32 Å². The highest BCUT2D eigenvalue weighted by Crippen LogP contribution is 2.13. The van der Waals surface area contributed by atoms with Gasteiger partial charge in [0.2, 0.25) is 5.91 Å². The second kappa shape index (κ2) is 4.62. The molecule has 4 nitrogen and oxygen atoms in total. The number of carbonyl (C=O) groups is 2. The van der Waals surface area contributed by atoms with Crippen molar-refractivity contribution < 1.29 is 14.7 Å². The maximum atomic E-state index is 11.0. The maximum absolute atomic E-state index is 11.0. The van der Waals surface area contributed by atoms with Gasteiger partial charge >= 0.3 is 5.97 Å². The Morgan fingerprint density at radius 3 is 2.36 bits per heavy atom. The van der Waals surface area contributed by atoms with E-state index in [4.69, 9.17) is 16.7 Å². The minimum absolute atomic E-state index is 0.528. The zero-order valence-electron chi connectivity index (χ0n) is 7.16. The van der Waals surface area contributed by atoms with E-state index in [0.717, 1.165) is 0 Å². The highest BCUT2D eigenvalue weighted by Gasteiger charge is 2.06. The molecular weight excluding hydrogens is 206 g/mol. The second-order valence-electron chi connectivity index (χ2n) is 2.63. The number of benzene rings is 1. The van der Waals surface area contributed by atoms with Gasteiger partial charge in [-0.25, -0.2) is 0 Å². The first-order valence-corrected chi connectivity index (χ1v) is 4.23. The summed E-state index contributed by atoms with van der Waals surface area (Å²) in [7, 11) is 0. The van der Waals surface area contributed by atoms with Gasteiger partial charge in [0.25, 0.3) is 0 Å². The van der Waals surface area contributed by atoms with Crippen molar-refractivity contribution in [1.82, 2.24) is 0 Å². The molecule has 14 heavy (non-hydrogen) atoms. The van der Waals surface area contributed by atoms with Gasteiger partial charge in [-0.05, 0) is 24.3 Å². The Balaban J connectivity index is 2.56. The minimum atomic E-state index is -1.16. The molecule has 1 rings (SSSR count). The van der Waals surface area contributed by atoms with Crippen molar-refractivity contribution in [3.63, 3.8) is 0 Å². The van der Waals surface area contributed by atoms with Crippen LogP contribution in [0.5, 0.6) is 0 Å². The summed E-state index contributed by atoms with van der Waals surface area (Å²) < 4.78 is 0. The Labute approximate surface area is 85.5 Å². The molecule has 1 amide bonds. The molecule has 0 atom stereocenters. The van der Waals surface area contributed by atoms with Crippen molar-refractivity contribution in [1.29, 1.82) is 0 Å². The van der Waals surface area contributed by atoms with E-state index in [-0.39, 0.29) is 0 Å². The molecule has 0 fully saturated rings. The van der Waals surface area contributed by atoms with Gasteiger partial charge in [-0.2, -0.15) is 0 Å². The van der Waals surface area contributed by atoms with Gasteiger partial charge in [0, 0.05) is 10.7 Å². The summed E-state index contributed by atoms with van der Waals surface area (Å²) in [5.74, 6) is -1.71. The standard InChI is InChI=1S/C9H8ClNO3/c10-6-1-3-7(4-2-6)11-8(12)5-9(13)14/h1-4H,5H2,(H,11,12)(H,13,14). The van der Waals surface area contributed by atoms with Gasteiger partial charge in [-0.3, -0.25) is 9.59 Å². The zero-order valence-corrected chi connectivity index (χ0v) is 7.91. The van der Waals surface area contributed by atoms with Crippen molar-refractivity contribution in [3.8, 4) is 0 Å². The molecule has 2 N–H and O–H groups in total. The summed E-state index contributed by atoms with van der Waals surface area (Å²) in [5.41, 5.74) is 0.528. The van der Waals surface area contributed by atoms with Gasteiger partial charge in [0.05, 0.1) is 0 Å². The molecule has 0 heterocycles. The van der Waals surface area contributed by atoms with Crippen LogP contribution in [0.4, 0.5) is 5.69 Å². The molecule has 0 aliphatic rings. The van der Waals surface area contributed by atoms with E-state index in [0.29, 0.717) is 10.7 Å². The number of anilines is 1. The lowest BCUT2D eigenvalue weighted by molar-refractivity contribution is -0.139. The van der Waals surface area contributed by atoms with Crippen LogP contribution in [0, 0.1) is 0 Å². The van der Waals surface area contributed by atoms with E-state index in [1.807, 2.05) is 0 Å². The monoisotopic (exact) mass is 213 g/mol. The predicted octanol–water partition coefficient (Wildman–Crippen LogP) is 1.75. The molecule has 0 bridgehead atoms. The molecule has 0 radical (unpaired) electrons. The highest BCUT2D eigenvalue weighted by atomic mass is 35.5. The second-order valence-corrected chi connectivity index (χ2v) is 3.06. The molecule has 0 aliphatic carbocycles. The van der Waals surface area contributed by atoms with Gasteiger partial charge in [0.15, 0.2) is 0 Å². The van der Waals surface area contributed by atoms with E-state index in [9.17, 15) is 9.59 Å². The number of hydrogen-bond donors (Lipinski definition) is 2. The Hall–Kier alpha value is -1.55. The number of carboxylic acids is 1. The Morgan fingerprint density at radius 1 is 1.29 bits per heavy atom. The van der Waals surface area contributed by atoms with Crippen LogP contribution in [0.15, 0.2) is 24.3 Å². The van der Waals surface area contributed by atoms with Crippen LogP contribution >= 0.6 is 11.6 Å². The Kier molecular flexibility index (Phi) is 3.48. The lowest BCUT2D eigenvalue weighted by Gasteiger charge is -2.02. The van der Waals surface area contributed by atoms with Crippen molar-refractivity contribution in [2.24, 2.45) is 0 Å². The van der Waals surface area contributed by atoms with Crippen LogP contribution in [0.1, 0.15) is 6.42 Å². The largest absolute Gasteiger partial charge is 0.481 e. The Bertz CT molecular complexity index is 348. The van der Waals surface area contributed by atoms with E-state index in [1.165, 1.54) is 0 Å². The van der Waals surface area contributed by atoms with Gasteiger partial charge in [0.1, 0.15) is 6.42 Å². The van der Waals surface area contributed by atoms with E-state index < -0.39 is 18.3 Å². The number of rotatable bonds is 3. The van der Waals surface area contributed by atoms with Crippen LogP contribution in [0.3, 0.4) is 0 Å². The average molecular weight is 214 g/mol. The van der Waals surface area contributed by atoms with Crippen molar-refractivity contribution in [2.45, 2.75) is 6.42 Å². The highest BCUT2D eigenvalue weighted by molar-refractivity contribution is 6.30. The SMILES string of the molecule is O=C(O)CC(=O)Nc1ccc(Cl)cc1. The summed E-state index contributed by atoms with van der Waals surface area (Å²) in [6.07, 6.45) is -0.539. The molecule has 1 aromatic rings. The summed E-state index contributed by atoms with van der Waals surface area (Å²) in [5, 5.41) is 11.3. The van der Waals surface area contributed by atoms with Crippen molar-refractivity contribution >= 4 is 29.2 Å². The van der Waals surface area contributed by atoms with Gasteiger partial charge < -0.3 is 10.4 Å². The van der Waals surface area contributed by atoms with Crippen LogP contribution in [-0.4, -0.2) is 17.0 Å². The van der Waals surface area contributed by atoms with Gasteiger partial charge in [-0.15, -0.1) is 0 Å². The number of amides is 1. The minimum Gasteiger partial charge on any atom is -0.481 e. The first kappa shape index (κ1) is 10.5. The fourth-order valence-electron chi connectivity index (χ4n) is 0.876. The summed E-state index contributed by atoms with van der Waals surface area (Å²) >= 11 is 5.63. The van der Waals surface area contributed by atoms with Crippen LogP contribution in [0.25, 0.3) is 0 Å². The molecule has 0 spiro atoms. The fraction of sp³-hybridized carbons (Fsp3) is 0.111. The first-order chi connectivity index (χ1) is 6.58. The predicted molar refractivity (Wildman–Crippen MR) is 52.3 cm³/mol. The topological polar surface area (TPSA) is 66.4 Å². The smallest absolute Gasteiger partial charge is 0.312 e. The molecule has 0 saturated heterocycles. The molecule has 74 valence electrons. The number of carboxylic acid groups (broad SMARTS) is 1. The summed E-state index contributed by atoms with van der Waals surface area (Å²) in [6.45, 7) is 0. The number of nitrogens with one attached hydrogen (secondary N) is 1. The van der Waals surface area contributed by atoms with Crippen LogP contribution in [0.2, 0.25) is 5.02 Å². The number of carbonyl (C=O) groups excluding carboxylic acids is 1. The summed E-state index contributed by atoms with van der Waals surface area (Å²) in [4.78, 5) is 21.2. The molecule has 0 unspecified atom stereocenters. The van der Waals surface area contributed by atoms with Crippen molar-refractivity contribution in [3.05, 3.63) is 29.3 Å². The van der Waals surface area contributed by atoms with E-state index in [1.54, 1.807) is 24.3 Å². The number of aliphatic carboxylic acids is 1. The Morgan fingerprint density at radius 2 is 1.86 bits per heavy atom. The van der Waals surface area contributed by atoms with Crippen LogP contribution < -0.4 is 5.32 Å². The third-order valence-corrected chi connectivity index (χ3v) is 1.69. The van der Waals surface area contributed by atoms with Gasteiger partial charge in [-0.1, -0.05) is 11.6 Å². The lowest BCUT2D eigenvalue weighted by atomic mass is 10.3. The molecule has 0 aliphatic heterocycles. The third-order valence-electron chi connectivity index (χ3n) is 1.44. The number of hydrogen-bond acceptors (Lipinski definition) is 2. The fourth-order valence-corrected chi connectivity index (χ4v) is 1.00. The maximum Gasteiger partial charge on any atom is 0.312 e. The first-order valence-electron chi connectivity index (χ1n) is 3.85. The molecule has 0 aromatic heterocycles. The lowest BCUT2D eigenvalue weighted by Crippen LogP contribution is -2.15. The normalized spacial score (nSPS) is 9.50. The van der Waals surface area contributed by atoms with E-state index >= 15 is 0 Å². The molecule has 0 saturated carbocycles. The number of halogens is 1. The molecule has 5 heteroatoms. The summed E-state index contributed by atoms with van der Waals surface area (Å²) in [6, 6.07) is 6.42. The zero-order chi connectivity index (χ0) is 10.6. The average Bonchev–Trinajstić information content (AvgIpc) is 2.07. The van der Waals surface area contributed by atoms with Crippen LogP contribution in [-0.2, 0) is 9.59 Å².